The van der Waals surface area contributed by atoms with Crippen molar-refractivity contribution in [1.29, 1.82) is 0 Å². The van der Waals surface area contributed by atoms with Gasteiger partial charge in [-0.3, -0.25) is 15.1 Å². The van der Waals surface area contributed by atoms with Crippen LogP contribution < -0.4 is 10.6 Å². The lowest BCUT2D eigenvalue weighted by Crippen LogP contribution is -2.26. The Morgan fingerprint density at radius 2 is 2.28 bits per heavy atom. The summed E-state index contributed by atoms with van der Waals surface area (Å²) >= 11 is 11.7. The van der Waals surface area contributed by atoms with Crippen LogP contribution in [-0.2, 0) is 0 Å². The molecular weight excluding hydrogens is 283 g/mol. The average Bonchev–Trinajstić information content (AvgIpc) is 2.81. The number of guanidine groups is 1. The minimum Gasteiger partial charge on any atom is -0.501 e. The third kappa shape index (κ3) is 2.27. The lowest BCUT2D eigenvalue weighted by molar-refractivity contribution is -0.385. The van der Waals surface area contributed by atoms with Gasteiger partial charge in [-0.15, -0.1) is 0 Å². The summed E-state index contributed by atoms with van der Waals surface area (Å²) in [6.07, 6.45) is 0. The Hall–Kier alpha value is -1.73. The van der Waals surface area contributed by atoms with Crippen LogP contribution in [-0.4, -0.2) is 29.1 Å². The molecule has 0 radical (unpaired) electrons. The van der Waals surface area contributed by atoms with E-state index in [0.717, 1.165) is 6.07 Å². The van der Waals surface area contributed by atoms with E-state index < -0.39 is 16.4 Å². The van der Waals surface area contributed by atoms with Gasteiger partial charge in [0.15, 0.2) is 5.96 Å². The van der Waals surface area contributed by atoms with Crippen LogP contribution in [0.25, 0.3) is 0 Å². The number of phenolic OH excluding ortho intramolecular Hbond substituents is 1. The van der Waals surface area contributed by atoms with Gasteiger partial charge in [0, 0.05) is 12.6 Å². The topological polar surface area (TPSA) is 99.8 Å². The van der Waals surface area contributed by atoms with E-state index in [2.05, 4.69) is 15.6 Å². The monoisotopic (exact) mass is 290 g/mol. The molecule has 1 aromatic rings. The van der Waals surface area contributed by atoms with E-state index in [1.165, 1.54) is 0 Å². The minimum atomic E-state index is -0.762. The first-order chi connectivity index (χ1) is 8.50. The van der Waals surface area contributed by atoms with Gasteiger partial charge < -0.3 is 15.7 Å². The van der Waals surface area contributed by atoms with Crippen LogP contribution in [0.3, 0.4) is 0 Å². The van der Waals surface area contributed by atoms with Crippen LogP contribution >= 0.6 is 23.2 Å². The number of aliphatic imine (C=N–C) groups is 1. The Kier molecular flexibility index (Phi) is 3.44. The maximum absolute atomic E-state index is 10.7. The molecule has 0 aliphatic carbocycles. The molecule has 2 rings (SSSR count). The van der Waals surface area contributed by atoms with E-state index in [9.17, 15) is 15.2 Å². The number of rotatable bonds is 2. The van der Waals surface area contributed by atoms with Crippen LogP contribution in [0.5, 0.6) is 5.75 Å². The molecule has 1 aromatic carbocycles. The van der Waals surface area contributed by atoms with Crippen molar-refractivity contribution < 1.29 is 10.0 Å². The normalized spacial score (nSPS) is 14.0. The highest BCUT2D eigenvalue weighted by Gasteiger charge is 2.23. The maximum atomic E-state index is 10.7. The number of nitro groups is 1. The van der Waals surface area contributed by atoms with Crippen molar-refractivity contribution in [1.82, 2.24) is 5.32 Å². The number of phenols is 1. The third-order valence-electron chi connectivity index (χ3n) is 2.29. The van der Waals surface area contributed by atoms with Crippen molar-refractivity contribution >= 4 is 40.5 Å². The average molecular weight is 291 g/mol. The zero-order valence-corrected chi connectivity index (χ0v) is 10.4. The molecule has 9 heteroatoms. The smallest absolute Gasteiger partial charge is 0.313 e. The van der Waals surface area contributed by atoms with Gasteiger partial charge in [-0.05, 0) is 0 Å². The molecular formula is C9H8Cl2N4O3. The molecule has 0 aromatic heterocycles. The molecule has 0 unspecified atom stereocenters. The number of nitro benzene ring substituents is 1. The third-order valence-corrected chi connectivity index (χ3v) is 2.95. The van der Waals surface area contributed by atoms with Crippen LogP contribution in [0.1, 0.15) is 0 Å². The van der Waals surface area contributed by atoms with Crippen LogP contribution in [0.4, 0.5) is 11.4 Å². The van der Waals surface area contributed by atoms with E-state index in [1.54, 1.807) is 0 Å². The molecule has 0 amide bonds. The second-order valence-corrected chi connectivity index (χ2v) is 4.24. The fraction of sp³-hybridized carbons (Fsp3) is 0.222. The first kappa shape index (κ1) is 12.7. The first-order valence-electron chi connectivity index (χ1n) is 4.91. The van der Waals surface area contributed by atoms with Gasteiger partial charge in [-0.1, -0.05) is 23.2 Å². The number of hydrogen-bond acceptors (Lipinski definition) is 6. The number of nitrogens with one attached hydrogen (secondary N) is 2. The predicted molar refractivity (Wildman–Crippen MR) is 68.7 cm³/mol. The molecule has 1 aliphatic heterocycles. The highest BCUT2D eigenvalue weighted by molar-refractivity contribution is 6.41. The first-order valence-corrected chi connectivity index (χ1v) is 5.67. The molecule has 0 fully saturated rings. The van der Waals surface area contributed by atoms with Crippen molar-refractivity contribution in [2.24, 2.45) is 4.99 Å². The summed E-state index contributed by atoms with van der Waals surface area (Å²) in [6.45, 7) is 1.28. The van der Waals surface area contributed by atoms with Crippen molar-refractivity contribution in [2.45, 2.75) is 0 Å². The lowest BCUT2D eigenvalue weighted by atomic mass is 10.2. The zero-order valence-electron chi connectivity index (χ0n) is 8.91. The van der Waals surface area contributed by atoms with Gasteiger partial charge in [0.1, 0.15) is 5.02 Å². The molecule has 0 atom stereocenters. The fourth-order valence-corrected chi connectivity index (χ4v) is 1.99. The number of hydrogen-bond donors (Lipinski definition) is 3. The summed E-state index contributed by atoms with van der Waals surface area (Å²) in [6, 6.07) is 1.03. The quantitative estimate of drug-likeness (QED) is 0.571. The summed E-state index contributed by atoms with van der Waals surface area (Å²) in [5.41, 5.74) is -0.369. The number of benzene rings is 1. The largest absolute Gasteiger partial charge is 0.501 e. The van der Waals surface area contributed by atoms with Crippen LogP contribution in [0.2, 0.25) is 10.0 Å². The van der Waals surface area contributed by atoms with E-state index in [1.807, 2.05) is 0 Å². The summed E-state index contributed by atoms with van der Waals surface area (Å²) in [7, 11) is 0. The molecule has 0 saturated heterocycles. The van der Waals surface area contributed by atoms with Crippen LogP contribution in [0, 0.1) is 10.1 Å². The number of halogens is 2. The lowest BCUT2D eigenvalue weighted by Gasteiger charge is -2.11. The van der Waals surface area contributed by atoms with Crippen molar-refractivity contribution in [3.8, 4) is 5.75 Å². The Bertz CT molecular complexity index is 547. The molecule has 1 heterocycles. The van der Waals surface area contributed by atoms with Gasteiger partial charge in [-0.2, -0.15) is 0 Å². The highest BCUT2D eigenvalue weighted by Crippen LogP contribution is 2.43. The fourth-order valence-electron chi connectivity index (χ4n) is 1.45. The predicted octanol–water partition coefficient (Wildman–Crippen LogP) is 1.98. The Morgan fingerprint density at radius 3 is 2.83 bits per heavy atom. The Morgan fingerprint density at radius 1 is 1.56 bits per heavy atom. The number of nitrogens with zero attached hydrogens (tertiary/aromatic N) is 2. The zero-order chi connectivity index (χ0) is 13.3. The van der Waals surface area contributed by atoms with E-state index in [0.29, 0.717) is 19.0 Å². The van der Waals surface area contributed by atoms with Gasteiger partial charge in [0.2, 0.25) is 5.75 Å². The van der Waals surface area contributed by atoms with Gasteiger partial charge in [0.25, 0.3) is 0 Å². The molecule has 96 valence electrons. The highest BCUT2D eigenvalue weighted by atomic mass is 35.5. The maximum Gasteiger partial charge on any atom is 0.313 e. The van der Waals surface area contributed by atoms with E-state index in [-0.39, 0.29) is 15.7 Å². The van der Waals surface area contributed by atoms with Crippen LogP contribution in [0.15, 0.2) is 11.1 Å². The molecule has 0 bridgehead atoms. The van der Waals surface area contributed by atoms with Gasteiger partial charge >= 0.3 is 5.69 Å². The van der Waals surface area contributed by atoms with Gasteiger partial charge in [0.05, 0.1) is 22.2 Å². The summed E-state index contributed by atoms with van der Waals surface area (Å²) < 4.78 is 0. The summed E-state index contributed by atoms with van der Waals surface area (Å²) in [5, 5.41) is 25.8. The van der Waals surface area contributed by atoms with Gasteiger partial charge in [-0.25, -0.2) is 0 Å². The second kappa shape index (κ2) is 4.87. The summed E-state index contributed by atoms with van der Waals surface area (Å²) in [4.78, 5) is 14.0. The number of aromatic hydroxyl groups is 1. The summed E-state index contributed by atoms with van der Waals surface area (Å²) in [5.74, 6) is -0.181. The second-order valence-electron chi connectivity index (χ2n) is 3.45. The SMILES string of the molecule is O=[N+]([O-])c1cc(Cl)c(NC2=NCCN2)c(Cl)c1O. The van der Waals surface area contributed by atoms with E-state index in [4.69, 9.17) is 23.2 Å². The van der Waals surface area contributed by atoms with Crippen molar-refractivity contribution in [3.63, 3.8) is 0 Å². The van der Waals surface area contributed by atoms with Crippen molar-refractivity contribution in [2.75, 3.05) is 18.4 Å². The molecule has 1 aliphatic rings. The standard InChI is InChI=1S/C9H8Cl2N4O3/c10-4-3-5(15(17)18)8(16)6(11)7(4)14-9-12-1-2-13-9/h3,16H,1-2H2,(H2,12,13,14). The minimum absolute atomic E-state index is 0.0286. The Labute approximate surface area is 112 Å². The Balaban J connectivity index is 2.42. The molecule has 7 nitrogen and oxygen atoms in total. The molecule has 3 N–H and O–H groups in total. The van der Waals surface area contributed by atoms with Crippen molar-refractivity contribution in [3.05, 3.63) is 26.2 Å². The molecule has 0 spiro atoms. The van der Waals surface area contributed by atoms with E-state index >= 15 is 0 Å². The molecule has 0 saturated carbocycles. The molecule has 18 heavy (non-hydrogen) atoms. The number of anilines is 1.